The summed E-state index contributed by atoms with van der Waals surface area (Å²) in [6.07, 6.45) is 2.56. The number of hydrogen-bond donors (Lipinski definition) is 1. The lowest BCUT2D eigenvalue weighted by Crippen LogP contribution is -2.26. The van der Waals surface area contributed by atoms with Crippen LogP contribution in [0.3, 0.4) is 0 Å². The molecule has 0 bridgehead atoms. The van der Waals surface area contributed by atoms with Crippen molar-refractivity contribution in [2.24, 2.45) is 0 Å². The minimum absolute atomic E-state index is 0.114. The van der Waals surface area contributed by atoms with Crippen molar-refractivity contribution in [3.63, 3.8) is 0 Å². The number of benzene rings is 2. The molecule has 156 valence electrons. The maximum absolute atomic E-state index is 12.9. The smallest absolute Gasteiger partial charge is 0.307 e. The second kappa shape index (κ2) is 10.2. The van der Waals surface area contributed by atoms with Crippen LogP contribution in [0.15, 0.2) is 60.8 Å². The predicted molar refractivity (Wildman–Crippen MR) is 114 cm³/mol. The van der Waals surface area contributed by atoms with Gasteiger partial charge in [0.15, 0.2) is 0 Å². The molecule has 1 N–H and O–H groups in total. The second-order valence-corrected chi connectivity index (χ2v) is 6.60. The first-order chi connectivity index (χ1) is 14.6. The van der Waals surface area contributed by atoms with Crippen LogP contribution in [0.25, 0.3) is 16.9 Å². The summed E-state index contributed by atoms with van der Waals surface area (Å²) < 4.78 is 12.2. The maximum Gasteiger partial charge on any atom is 0.307 e. The van der Waals surface area contributed by atoms with Crippen LogP contribution in [0.2, 0.25) is 0 Å². The van der Waals surface area contributed by atoms with Gasteiger partial charge in [0, 0.05) is 18.3 Å². The molecule has 0 saturated heterocycles. The number of amides is 1. The molecule has 3 aromatic rings. The van der Waals surface area contributed by atoms with E-state index in [4.69, 9.17) is 9.47 Å². The molecule has 0 spiro atoms. The molecule has 1 heterocycles. The van der Waals surface area contributed by atoms with Crippen LogP contribution in [0.4, 0.5) is 0 Å². The summed E-state index contributed by atoms with van der Waals surface area (Å²) >= 11 is 0. The van der Waals surface area contributed by atoms with Gasteiger partial charge in [0.25, 0.3) is 5.91 Å². The van der Waals surface area contributed by atoms with Gasteiger partial charge in [-0.25, -0.2) is 4.68 Å². The van der Waals surface area contributed by atoms with E-state index in [0.29, 0.717) is 29.2 Å². The zero-order chi connectivity index (χ0) is 21.3. The fraction of sp³-hybridized carbons (Fsp3) is 0.261. The standard InChI is InChI=1S/C23H25N3O4/c1-3-15-30-21(27)13-14-24-23(28)19-16-26(17-9-5-4-6-10-17)25-22(19)18-11-7-8-12-20(18)29-2/h4-12,16H,3,13-15H2,1-2H3,(H,24,28). The first-order valence-electron chi connectivity index (χ1n) is 9.86. The van der Waals surface area contributed by atoms with E-state index in [-0.39, 0.29) is 24.8 Å². The summed E-state index contributed by atoms with van der Waals surface area (Å²) in [4.78, 5) is 24.6. The number of nitrogens with one attached hydrogen (secondary N) is 1. The van der Waals surface area contributed by atoms with Gasteiger partial charge in [0.2, 0.25) is 0 Å². The zero-order valence-corrected chi connectivity index (χ0v) is 17.1. The van der Waals surface area contributed by atoms with Crippen molar-refractivity contribution in [1.29, 1.82) is 0 Å². The SMILES string of the molecule is CCCOC(=O)CCNC(=O)c1cn(-c2ccccc2)nc1-c1ccccc1OC. The fourth-order valence-corrected chi connectivity index (χ4v) is 2.95. The van der Waals surface area contributed by atoms with Crippen molar-refractivity contribution >= 4 is 11.9 Å². The molecule has 30 heavy (non-hydrogen) atoms. The molecule has 0 fully saturated rings. The predicted octanol–water partition coefficient (Wildman–Crippen LogP) is 3.62. The first-order valence-corrected chi connectivity index (χ1v) is 9.86. The molecule has 0 saturated carbocycles. The summed E-state index contributed by atoms with van der Waals surface area (Å²) in [7, 11) is 1.58. The molecule has 0 aliphatic carbocycles. The first kappa shape index (κ1) is 21.1. The summed E-state index contributed by atoms with van der Waals surface area (Å²) in [6.45, 7) is 2.50. The van der Waals surface area contributed by atoms with Gasteiger partial charge in [-0.2, -0.15) is 5.10 Å². The van der Waals surface area contributed by atoms with Crippen LogP contribution in [-0.2, 0) is 9.53 Å². The molecular weight excluding hydrogens is 382 g/mol. The second-order valence-electron chi connectivity index (χ2n) is 6.60. The van der Waals surface area contributed by atoms with E-state index in [1.54, 1.807) is 18.0 Å². The van der Waals surface area contributed by atoms with Gasteiger partial charge >= 0.3 is 5.97 Å². The van der Waals surface area contributed by atoms with Crippen molar-refractivity contribution in [3.8, 4) is 22.7 Å². The summed E-state index contributed by atoms with van der Waals surface area (Å²) in [5.41, 5.74) is 2.44. The van der Waals surface area contributed by atoms with Crippen molar-refractivity contribution in [2.75, 3.05) is 20.3 Å². The average molecular weight is 407 g/mol. The number of esters is 1. The van der Waals surface area contributed by atoms with E-state index in [1.807, 2.05) is 61.5 Å². The highest BCUT2D eigenvalue weighted by atomic mass is 16.5. The van der Waals surface area contributed by atoms with Crippen molar-refractivity contribution in [2.45, 2.75) is 19.8 Å². The summed E-state index contributed by atoms with van der Waals surface area (Å²) in [6, 6.07) is 16.9. The van der Waals surface area contributed by atoms with Gasteiger partial charge in [0.05, 0.1) is 31.4 Å². The van der Waals surface area contributed by atoms with Crippen LogP contribution in [0, 0.1) is 0 Å². The topological polar surface area (TPSA) is 82.5 Å². The van der Waals surface area contributed by atoms with Gasteiger partial charge in [0.1, 0.15) is 11.4 Å². The van der Waals surface area contributed by atoms with Gasteiger partial charge in [-0.1, -0.05) is 37.3 Å². The maximum atomic E-state index is 12.9. The Balaban J connectivity index is 1.87. The van der Waals surface area contributed by atoms with Crippen LogP contribution < -0.4 is 10.1 Å². The zero-order valence-electron chi connectivity index (χ0n) is 17.1. The van der Waals surface area contributed by atoms with Gasteiger partial charge < -0.3 is 14.8 Å². The molecule has 0 unspecified atom stereocenters. The highest BCUT2D eigenvalue weighted by Crippen LogP contribution is 2.31. The molecule has 1 aromatic heterocycles. The number of nitrogens with zero attached hydrogens (tertiary/aromatic N) is 2. The summed E-state index contributed by atoms with van der Waals surface area (Å²) in [5, 5.41) is 7.43. The quantitative estimate of drug-likeness (QED) is 0.548. The number of methoxy groups -OCH3 is 1. The Morgan fingerprint density at radius 3 is 2.53 bits per heavy atom. The lowest BCUT2D eigenvalue weighted by Gasteiger charge is -2.08. The monoisotopic (exact) mass is 407 g/mol. The Kier molecular flexibility index (Phi) is 7.21. The van der Waals surface area contributed by atoms with E-state index in [1.165, 1.54) is 0 Å². The Labute approximate surface area is 175 Å². The normalized spacial score (nSPS) is 10.5. The van der Waals surface area contributed by atoms with Crippen molar-refractivity contribution in [3.05, 3.63) is 66.4 Å². The molecule has 1 amide bonds. The molecule has 0 radical (unpaired) electrons. The lowest BCUT2D eigenvalue weighted by atomic mass is 10.1. The van der Waals surface area contributed by atoms with Crippen LogP contribution in [0.5, 0.6) is 5.75 Å². The summed E-state index contributed by atoms with van der Waals surface area (Å²) in [5.74, 6) is -0.0310. The van der Waals surface area contributed by atoms with E-state index >= 15 is 0 Å². The number of carbonyl (C=O) groups is 2. The average Bonchev–Trinajstić information content (AvgIpc) is 3.23. The van der Waals surface area contributed by atoms with Gasteiger partial charge in [-0.05, 0) is 30.7 Å². The van der Waals surface area contributed by atoms with E-state index in [0.717, 1.165) is 12.1 Å². The Morgan fingerprint density at radius 1 is 1.07 bits per heavy atom. The van der Waals surface area contributed by atoms with Crippen LogP contribution >= 0.6 is 0 Å². The molecule has 3 rings (SSSR count). The van der Waals surface area contributed by atoms with Crippen molar-refractivity contribution < 1.29 is 19.1 Å². The van der Waals surface area contributed by atoms with E-state index in [9.17, 15) is 9.59 Å². The third kappa shape index (κ3) is 5.05. The minimum Gasteiger partial charge on any atom is -0.496 e. The Hall–Kier alpha value is -3.61. The molecule has 0 aliphatic rings. The highest BCUT2D eigenvalue weighted by molar-refractivity contribution is 6.00. The highest BCUT2D eigenvalue weighted by Gasteiger charge is 2.21. The minimum atomic E-state index is -0.331. The number of aromatic nitrogens is 2. The number of hydrogen-bond acceptors (Lipinski definition) is 5. The Morgan fingerprint density at radius 2 is 1.80 bits per heavy atom. The number of rotatable bonds is 9. The number of carbonyl (C=O) groups excluding carboxylic acids is 2. The molecular formula is C23H25N3O4. The van der Waals surface area contributed by atoms with Gasteiger partial charge in [-0.15, -0.1) is 0 Å². The third-order valence-corrected chi connectivity index (χ3v) is 4.42. The number of ether oxygens (including phenoxy) is 2. The van der Waals surface area contributed by atoms with Crippen molar-refractivity contribution in [1.82, 2.24) is 15.1 Å². The fourth-order valence-electron chi connectivity index (χ4n) is 2.95. The Bertz CT molecular complexity index is 999. The van der Waals surface area contributed by atoms with Crippen LogP contribution in [-0.4, -0.2) is 41.9 Å². The number of para-hydroxylation sites is 2. The molecule has 2 aromatic carbocycles. The molecule has 7 nitrogen and oxygen atoms in total. The third-order valence-electron chi connectivity index (χ3n) is 4.42. The molecule has 7 heteroatoms. The molecule has 0 aliphatic heterocycles. The van der Waals surface area contributed by atoms with Crippen LogP contribution in [0.1, 0.15) is 30.1 Å². The van der Waals surface area contributed by atoms with E-state index in [2.05, 4.69) is 10.4 Å². The van der Waals surface area contributed by atoms with Gasteiger partial charge in [-0.3, -0.25) is 9.59 Å². The molecule has 0 atom stereocenters. The van der Waals surface area contributed by atoms with E-state index < -0.39 is 0 Å². The lowest BCUT2D eigenvalue weighted by molar-refractivity contribution is -0.143. The largest absolute Gasteiger partial charge is 0.496 e.